The first-order chi connectivity index (χ1) is 22.7. The Morgan fingerprint density at radius 1 is 1.19 bits per heavy atom. The van der Waals surface area contributed by atoms with Crippen LogP contribution in [-0.2, 0) is 18.7 Å². The fourth-order valence-corrected chi connectivity index (χ4v) is 7.41. The Balaban J connectivity index is 1.02. The largest absolute Gasteiger partial charge is 0.469 e. The molecule has 0 bridgehead atoms. The lowest BCUT2D eigenvalue weighted by Crippen LogP contribution is -2.34. The van der Waals surface area contributed by atoms with Crippen molar-refractivity contribution in [2.24, 2.45) is 17.8 Å². The van der Waals surface area contributed by atoms with Crippen LogP contribution in [0, 0.1) is 31.6 Å². The first-order valence-corrected chi connectivity index (χ1v) is 17.6. The van der Waals surface area contributed by atoms with Gasteiger partial charge >= 0.3 is 7.82 Å². The molecular formula is C30H35F2N8O6PS. The molecule has 2 fully saturated rings. The second-order valence-electron chi connectivity index (χ2n) is 12.4. The molecular weight excluding hydrogens is 669 g/mol. The number of aromatic nitrogens is 5. The molecule has 1 aliphatic heterocycles. The number of H-pyrrole nitrogens is 1. The van der Waals surface area contributed by atoms with Crippen molar-refractivity contribution in [1.29, 1.82) is 0 Å². The molecule has 1 amide bonds. The summed E-state index contributed by atoms with van der Waals surface area (Å²) in [5.41, 5.74) is 3.32. The summed E-state index contributed by atoms with van der Waals surface area (Å²) in [5.74, 6) is -5.14. The van der Waals surface area contributed by atoms with Crippen molar-refractivity contribution < 1.29 is 37.2 Å². The third-order valence-corrected chi connectivity index (χ3v) is 9.74. The molecule has 6 rings (SSSR count). The third-order valence-electron chi connectivity index (χ3n) is 8.39. The molecule has 2 aliphatic rings. The van der Waals surface area contributed by atoms with E-state index in [1.165, 1.54) is 11.8 Å². The van der Waals surface area contributed by atoms with E-state index in [1.807, 2.05) is 44.3 Å². The normalized spacial score (nSPS) is 21.2. The van der Waals surface area contributed by atoms with Crippen molar-refractivity contribution in [2.75, 3.05) is 36.9 Å². The summed E-state index contributed by atoms with van der Waals surface area (Å²) in [6.07, 6.45) is 0.968. The third kappa shape index (κ3) is 8.46. The first-order valence-electron chi connectivity index (χ1n) is 15.3. The molecule has 3 atom stereocenters. The van der Waals surface area contributed by atoms with Crippen LogP contribution >= 0.6 is 19.6 Å². The van der Waals surface area contributed by atoms with E-state index in [1.54, 1.807) is 21.5 Å². The number of hydrogen-bond acceptors (Lipinski definition) is 10. The molecule has 48 heavy (non-hydrogen) atoms. The van der Waals surface area contributed by atoms with E-state index in [0.717, 1.165) is 21.7 Å². The van der Waals surface area contributed by atoms with E-state index in [9.17, 15) is 22.9 Å². The number of phosphoric acid groups is 1. The molecule has 3 aromatic heterocycles. The highest BCUT2D eigenvalue weighted by Crippen LogP contribution is 2.47. The molecule has 1 saturated carbocycles. The molecule has 14 nitrogen and oxygen atoms in total. The Kier molecular flexibility index (Phi) is 9.71. The van der Waals surface area contributed by atoms with E-state index in [4.69, 9.17) is 14.8 Å². The molecule has 4 heterocycles. The van der Waals surface area contributed by atoms with Gasteiger partial charge in [0, 0.05) is 59.8 Å². The molecule has 4 aromatic rings. The van der Waals surface area contributed by atoms with Crippen molar-refractivity contribution in [2.45, 2.75) is 49.1 Å². The van der Waals surface area contributed by atoms with Gasteiger partial charge in [0.15, 0.2) is 11.6 Å². The Morgan fingerprint density at radius 3 is 2.67 bits per heavy atom. The summed E-state index contributed by atoms with van der Waals surface area (Å²) in [5, 5.41) is 18.4. The average Bonchev–Trinajstić information content (AvgIpc) is 3.78. The van der Waals surface area contributed by atoms with E-state index in [-0.39, 0.29) is 24.8 Å². The maximum absolute atomic E-state index is 14.2. The summed E-state index contributed by atoms with van der Waals surface area (Å²) >= 11 is 1.36. The molecule has 0 spiro atoms. The van der Waals surface area contributed by atoms with Gasteiger partial charge in [0.1, 0.15) is 11.3 Å². The number of amides is 1. The number of aryl methyl sites for hydroxylation is 2. The number of ketones is 1. The van der Waals surface area contributed by atoms with Gasteiger partial charge < -0.3 is 20.4 Å². The topological polar surface area (TPSA) is 187 Å². The van der Waals surface area contributed by atoms with Crippen LogP contribution in [0.3, 0.4) is 0 Å². The van der Waals surface area contributed by atoms with Gasteiger partial charge in [-0.05, 0) is 80.4 Å². The molecule has 1 aromatic carbocycles. The number of fused-ring (bicyclic) bond motifs is 1. The second kappa shape index (κ2) is 13.6. The van der Waals surface area contributed by atoms with Gasteiger partial charge in [-0.3, -0.25) is 24.1 Å². The number of carbonyl (C=O) groups excluding carboxylic acids is 2. The van der Waals surface area contributed by atoms with Crippen LogP contribution in [-0.4, -0.2) is 83.3 Å². The van der Waals surface area contributed by atoms with E-state index < -0.39 is 50.9 Å². The Hall–Kier alpha value is -3.73. The number of anilines is 3. The number of Topliss-reactive ketones (excluding diaryl/α,β-unsaturated/α-hetero) is 1. The number of nitrogens with zero attached hydrogens (tertiary/aromatic N) is 5. The zero-order valence-corrected chi connectivity index (χ0v) is 27.8. The summed E-state index contributed by atoms with van der Waals surface area (Å²) in [6.45, 7) is 3.95. The van der Waals surface area contributed by atoms with Gasteiger partial charge in [0.05, 0.1) is 13.2 Å². The van der Waals surface area contributed by atoms with Crippen molar-refractivity contribution >= 4 is 54.1 Å². The van der Waals surface area contributed by atoms with E-state index >= 15 is 0 Å². The van der Waals surface area contributed by atoms with Crippen LogP contribution in [0.4, 0.5) is 26.1 Å². The zero-order valence-electron chi connectivity index (χ0n) is 26.1. The highest BCUT2D eigenvalue weighted by Gasteiger charge is 2.51. The Labute approximate surface area is 278 Å². The first kappa shape index (κ1) is 34.1. The van der Waals surface area contributed by atoms with Crippen LogP contribution in [0.15, 0.2) is 52.6 Å². The number of rotatable bonds is 12. The lowest BCUT2D eigenvalue weighted by molar-refractivity contribution is -0.128. The number of aromatic amines is 1. The van der Waals surface area contributed by atoms with Gasteiger partial charge in [0.2, 0.25) is 17.0 Å². The molecule has 1 aliphatic carbocycles. The highest BCUT2D eigenvalue weighted by atomic mass is 32.2. The van der Waals surface area contributed by atoms with Crippen LogP contribution in [0.1, 0.15) is 30.5 Å². The van der Waals surface area contributed by atoms with Crippen molar-refractivity contribution in [3.05, 3.63) is 53.9 Å². The minimum atomic E-state index is -4.86. The number of hydrogen-bond donors (Lipinski definition) is 5. The lowest BCUT2D eigenvalue weighted by atomic mass is 9.85. The standard InChI is InChI=1S/C30H35F2N8O6PS/c1-17-9-24-28(34-25-10-18(2)36-37-25)35-29(38-40(24)13-17)48-22-5-3-21(4-6-22)33-26(41)15-39-8-7-19(14-39)27(42)23-12-30(31,32)11-20(23)16-46-47(43,44)45/h3-6,9-10,13,19-20,23H,7-8,11-12,14-16H2,1-2H3,(H,33,41)(H2,43,44,45)(H2,34,35,36,37,38)/t19-,20+,23?/m1/s1. The quantitative estimate of drug-likeness (QED) is 0.130. The fourth-order valence-electron chi connectivity index (χ4n) is 6.27. The Morgan fingerprint density at radius 2 is 1.96 bits per heavy atom. The van der Waals surface area contributed by atoms with Crippen molar-refractivity contribution in [3.8, 4) is 0 Å². The molecule has 1 saturated heterocycles. The average molecular weight is 705 g/mol. The molecule has 5 N–H and O–H groups in total. The predicted octanol–water partition coefficient (Wildman–Crippen LogP) is 4.56. The van der Waals surface area contributed by atoms with Gasteiger partial charge in [-0.1, -0.05) is 0 Å². The SMILES string of the molecule is Cc1cc2c(Nc3cc(C)[nH]n3)nc(Sc3ccc(NC(=O)CN4CC[C@@H](C(=O)C5CC(F)(F)C[C@H]5COP(=O)(O)O)C4)cc3)nn2c1. The summed E-state index contributed by atoms with van der Waals surface area (Å²) in [6, 6.07) is 11.1. The minimum Gasteiger partial charge on any atom is -0.325 e. The van der Waals surface area contributed by atoms with Crippen LogP contribution in [0.25, 0.3) is 5.52 Å². The molecule has 256 valence electrons. The lowest BCUT2D eigenvalue weighted by Gasteiger charge is -2.21. The second-order valence-corrected chi connectivity index (χ2v) is 14.6. The minimum absolute atomic E-state index is 0.0152. The van der Waals surface area contributed by atoms with Gasteiger partial charge in [-0.15, -0.1) is 5.10 Å². The molecule has 0 radical (unpaired) electrons. The highest BCUT2D eigenvalue weighted by molar-refractivity contribution is 7.99. The van der Waals surface area contributed by atoms with E-state index in [0.29, 0.717) is 35.4 Å². The van der Waals surface area contributed by atoms with Gasteiger partial charge in [0.25, 0.3) is 0 Å². The monoisotopic (exact) mass is 704 g/mol. The number of alkyl halides is 2. The fraction of sp³-hybridized carbons (Fsp3) is 0.433. The van der Waals surface area contributed by atoms with Gasteiger partial charge in [-0.2, -0.15) is 5.10 Å². The van der Waals surface area contributed by atoms with Crippen LogP contribution in [0.2, 0.25) is 0 Å². The number of likely N-dealkylation sites (tertiary alicyclic amines) is 1. The number of phosphoric ester groups is 1. The molecule has 18 heteroatoms. The number of carbonyl (C=O) groups is 2. The van der Waals surface area contributed by atoms with Crippen molar-refractivity contribution in [1.82, 2.24) is 29.7 Å². The maximum atomic E-state index is 14.2. The zero-order chi connectivity index (χ0) is 34.2. The van der Waals surface area contributed by atoms with Crippen molar-refractivity contribution in [3.63, 3.8) is 0 Å². The molecule has 1 unspecified atom stereocenters. The maximum Gasteiger partial charge on any atom is 0.469 e. The van der Waals surface area contributed by atoms with E-state index in [2.05, 4.69) is 30.5 Å². The summed E-state index contributed by atoms with van der Waals surface area (Å²) in [4.78, 5) is 51.4. The van der Waals surface area contributed by atoms with Gasteiger partial charge in [-0.25, -0.2) is 22.8 Å². The predicted molar refractivity (Wildman–Crippen MR) is 172 cm³/mol. The summed E-state index contributed by atoms with van der Waals surface area (Å²) < 4.78 is 45.7. The Bertz CT molecular complexity index is 1870. The number of nitrogens with one attached hydrogen (secondary N) is 3. The summed E-state index contributed by atoms with van der Waals surface area (Å²) in [7, 11) is -4.86. The van der Waals surface area contributed by atoms with Crippen LogP contribution < -0.4 is 10.6 Å². The smallest absolute Gasteiger partial charge is 0.325 e. The van der Waals surface area contributed by atoms with Crippen LogP contribution in [0.5, 0.6) is 0 Å². The number of halogens is 2. The number of benzene rings is 1.